The van der Waals surface area contributed by atoms with Gasteiger partial charge in [-0.1, -0.05) is 0 Å². The van der Waals surface area contributed by atoms with Gasteiger partial charge in [0.05, 0.1) is 0 Å². The molecule has 0 aromatic heterocycles. The van der Waals surface area contributed by atoms with Crippen LogP contribution in [0.25, 0.3) is 0 Å². The lowest BCUT2D eigenvalue weighted by Gasteiger charge is -1.97. The van der Waals surface area contributed by atoms with Crippen molar-refractivity contribution >= 4 is 11.6 Å². The molecule has 2 heteroatoms. The highest BCUT2D eigenvalue weighted by atomic mass is 35.5. The van der Waals surface area contributed by atoms with Gasteiger partial charge >= 0.3 is 0 Å². The number of hydrogen-bond acceptors (Lipinski definition) is 1. The smallest absolute Gasteiger partial charge is 0.190 e. The molecular formula is C5H4ClO. The van der Waals surface area contributed by atoms with Crippen LogP contribution in [-0.4, -0.2) is 0 Å². The first-order chi connectivity index (χ1) is 3.39. The van der Waals surface area contributed by atoms with Gasteiger partial charge in [-0.3, -0.25) is 0 Å². The van der Waals surface area contributed by atoms with Crippen LogP contribution >= 0.6 is 11.6 Å². The van der Waals surface area contributed by atoms with E-state index in [0.29, 0.717) is 5.22 Å². The van der Waals surface area contributed by atoms with E-state index in [-0.39, 0.29) is 0 Å². The van der Waals surface area contributed by atoms with Gasteiger partial charge in [-0.05, 0) is 30.2 Å². The van der Waals surface area contributed by atoms with Crippen molar-refractivity contribution in [2.45, 2.75) is 6.42 Å². The molecule has 1 rings (SSSR count). The number of halogens is 1. The molecule has 0 N–H and O–H groups in total. The van der Waals surface area contributed by atoms with Crippen LogP contribution in [0.5, 0.6) is 0 Å². The number of hydrogen-bond donors (Lipinski definition) is 0. The largest absolute Gasteiger partial charge is 0.442 e. The Bertz CT molecular complexity index is 115. The van der Waals surface area contributed by atoms with Gasteiger partial charge in [-0.25, -0.2) is 0 Å². The number of rotatable bonds is 0. The van der Waals surface area contributed by atoms with Gasteiger partial charge in [0.1, 0.15) is 0 Å². The first-order valence-corrected chi connectivity index (χ1v) is 2.37. The summed E-state index contributed by atoms with van der Waals surface area (Å²) in [6.45, 7) is 0. The molecule has 1 aliphatic heterocycles. The minimum atomic E-state index is 0.419. The van der Waals surface area contributed by atoms with E-state index in [0.717, 1.165) is 6.42 Å². The molecule has 0 bridgehead atoms. The zero-order valence-electron chi connectivity index (χ0n) is 3.65. The van der Waals surface area contributed by atoms with Crippen molar-refractivity contribution in [3.05, 3.63) is 23.6 Å². The maximum absolute atomic E-state index is 5.37. The molecule has 1 radical (unpaired) electrons. The molecule has 0 unspecified atom stereocenters. The Morgan fingerprint density at radius 3 is 3.00 bits per heavy atom. The maximum atomic E-state index is 5.37. The first-order valence-electron chi connectivity index (χ1n) is 1.99. The Morgan fingerprint density at radius 2 is 2.71 bits per heavy atom. The standard InChI is InChI=1S/C5H4ClO/c6-5-3-1-2-4-7-5/h2-3H,1H2. The molecule has 0 aromatic rings. The quantitative estimate of drug-likeness (QED) is 0.468. The predicted molar refractivity (Wildman–Crippen MR) is 27.5 cm³/mol. The molecule has 0 aromatic carbocycles. The molecule has 0 atom stereocenters. The van der Waals surface area contributed by atoms with Crippen LogP contribution < -0.4 is 0 Å². The predicted octanol–water partition coefficient (Wildman–Crippen LogP) is 1.80. The lowest BCUT2D eigenvalue weighted by Crippen LogP contribution is -1.80. The molecule has 1 nitrogen and oxygen atoms in total. The summed E-state index contributed by atoms with van der Waals surface area (Å²) in [6.07, 6.45) is 6.89. The molecule has 0 spiro atoms. The summed E-state index contributed by atoms with van der Waals surface area (Å²) < 4.78 is 4.60. The number of ether oxygens (including phenoxy) is 1. The van der Waals surface area contributed by atoms with Crippen molar-refractivity contribution in [1.29, 1.82) is 0 Å². The number of allylic oxidation sites excluding steroid dienone is 2. The van der Waals surface area contributed by atoms with E-state index in [1.807, 2.05) is 0 Å². The first kappa shape index (κ1) is 4.72. The van der Waals surface area contributed by atoms with E-state index in [9.17, 15) is 0 Å². The highest BCUT2D eigenvalue weighted by Gasteiger charge is 1.91. The molecule has 7 heavy (non-hydrogen) atoms. The summed E-state index contributed by atoms with van der Waals surface area (Å²) in [5.41, 5.74) is 0. The van der Waals surface area contributed by atoms with Gasteiger partial charge in [0, 0.05) is 0 Å². The monoisotopic (exact) mass is 115 g/mol. The molecule has 0 aliphatic carbocycles. The molecule has 37 valence electrons. The lowest BCUT2D eigenvalue weighted by molar-refractivity contribution is 0.349. The zero-order chi connectivity index (χ0) is 5.11. The molecule has 1 aliphatic rings. The van der Waals surface area contributed by atoms with Crippen molar-refractivity contribution in [3.63, 3.8) is 0 Å². The van der Waals surface area contributed by atoms with E-state index in [2.05, 4.69) is 11.0 Å². The third kappa shape index (κ3) is 1.24. The van der Waals surface area contributed by atoms with Gasteiger partial charge in [0.25, 0.3) is 0 Å². The summed E-state index contributed by atoms with van der Waals surface area (Å²) in [5.74, 6) is 0. The third-order valence-electron chi connectivity index (χ3n) is 0.636. The van der Waals surface area contributed by atoms with Crippen LogP contribution in [0.2, 0.25) is 0 Å². The molecule has 0 saturated carbocycles. The third-order valence-corrected chi connectivity index (χ3v) is 0.867. The minimum absolute atomic E-state index is 0.419. The van der Waals surface area contributed by atoms with Crippen LogP contribution in [0.15, 0.2) is 17.4 Å². The summed E-state index contributed by atoms with van der Waals surface area (Å²) in [4.78, 5) is 0. The van der Waals surface area contributed by atoms with Crippen LogP contribution in [0.3, 0.4) is 0 Å². The Morgan fingerprint density at radius 1 is 1.86 bits per heavy atom. The second-order valence-electron chi connectivity index (χ2n) is 1.17. The van der Waals surface area contributed by atoms with Gasteiger partial charge < -0.3 is 4.74 Å². The Hall–Kier alpha value is -0.430. The van der Waals surface area contributed by atoms with Crippen molar-refractivity contribution in [2.75, 3.05) is 0 Å². The van der Waals surface area contributed by atoms with Crippen molar-refractivity contribution in [1.82, 2.24) is 0 Å². The molecular weight excluding hydrogens is 112 g/mol. The molecule has 0 fully saturated rings. The van der Waals surface area contributed by atoms with E-state index >= 15 is 0 Å². The fourth-order valence-electron chi connectivity index (χ4n) is 0.339. The average Bonchev–Trinajstić information content (AvgIpc) is 1.69. The summed E-state index contributed by atoms with van der Waals surface area (Å²) in [6, 6.07) is 0. The van der Waals surface area contributed by atoms with Crippen LogP contribution in [0.1, 0.15) is 6.42 Å². The Kier molecular flexibility index (Phi) is 1.37. The van der Waals surface area contributed by atoms with E-state index in [1.54, 1.807) is 12.2 Å². The van der Waals surface area contributed by atoms with Crippen molar-refractivity contribution in [3.8, 4) is 0 Å². The van der Waals surface area contributed by atoms with Gasteiger partial charge in [0.15, 0.2) is 11.5 Å². The van der Waals surface area contributed by atoms with Crippen LogP contribution in [0, 0.1) is 6.26 Å². The summed E-state index contributed by atoms with van der Waals surface area (Å²) >= 11 is 5.37. The second kappa shape index (κ2) is 2.03. The molecule has 0 saturated heterocycles. The van der Waals surface area contributed by atoms with Crippen molar-refractivity contribution < 1.29 is 4.74 Å². The normalized spacial score (nSPS) is 18.1. The highest BCUT2D eigenvalue weighted by Crippen LogP contribution is 2.09. The fraction of sp³-hybridized carbons (Fsp3) is 0.200. The second-order valence-corrected chi connectivity index (χ2v) is 1.54. The van der Waals surface area contributed by atoms with E-state index in [4.69, 9.17) is 11.6 Å². The van der Waals surface area contributed by atoms with Crippen LogP contribution in [-0.2, 0) is 4.74 Å². The van der Waals surface area contributed by atoms with Gasteiger partial charge in [-0.15, -0.1) is 0 Å². The Balaban J connectivity index is 2.50. The zero-order valence-corrected chi connectivity index (χ0v) is 4.40. The maximum Gasteiger partial charge on any atom is 0.190 e. The lowest BCUT2D eigenvalue weighted by atomic mass is 10.4. The minimum Gasteiger partial charge on any atom is -0.442 e. The van der Waals surface area contributed by atoms with Gasteiger partial charge in [0.2, 0.25) is 0 Å². The van der Waals surface area contributed by atoms with Crippen LogP contribution in [0.4, 0.5) is 0 Å². The molecule has 1 heterocycles. The Labute approximate surface area is 47.2 Å². The summed E-state index contributed by atoms with van der Waals surface area (Å²) in [5, 5.41) is 0.419. The van der Waals surface area contributed by atoms with Crippen molar-refractivity contribution in [2.24, 2.45) is 0 Å². The molecule has 0 amide bonds. The average molecular weight is 116 g/mol. The topological polar surface area (TPSA) is 9.23 Å². The van der Waals surface area contributed by atoms with E-state index < -0.39 is 0 Å². The summed E-state index contributed by atoms with van der Waals surface area (Å²) in [7, 11) is 0. The van der Waals surface area contributed by atoms with Gasteiger partial charge in [-0.2, -0.15) is 0 Å². The SMILES string of the molecule is ClC1=CCC=[C]O1. The highest BCUT2D eigenvalue weighted by molar-refractivity contribution is 6.28. The fourth-order valence-corrected chi connectivity index (χ4v) is 0.473. The van der Waals surface area contributed by atoms with E-state index in [1.165, 1.54) is 0 Å².